The largest absolute Gasteiger partial charge is 0.338 e. The zero-order valence-electron chi connectivity index (χ0n) is 7.94. The maximum absolute atomic E-state index is 11.1. The number of nitrogens with one attached hydrogen (secondary N) is 2. The molecule has 0 aromatic rings. The first kappa shape index (κ1) is 12.3. The maximum atomic E-state index is 11.1. The Morgan fingerprint density at radius 2 is 2.21 bits per heavy atom. The van der Waals surface area contributed by atoms with E-state index in [1.165, 1.54) is 6.07 Å². The van der Waals surface area contributed by atoms with E-state index in [1.807, 2.05) is 5.32 Å². The second kappa shape index (κ2) is 5.90. The quantitative estimate of drug-likeness (QED) is 0.509. The van der Waals surface area contributed by atoms with Gasteiger partial charge in [-0.2, -0.15) is 10.3 Å². The van der Waals surface area contributed by atoms with Gasteiger partial charge in [-0.1, -0.05) is 0 Å². The first-order chi connectivity index (χ1) is 6.52. The van der Waals surface area contributed by atoms with E-state index >= 15 is 0 Å². The molecule has 0 saturated heterocycles. The van der Waals surface area contributed by atoms with Crippen LogP contribution in [0.2, 0.25) is 0 Å². The van der Waals surface area contributed by atoms with Crippen LogP contribution in [0.25, 0.3) is 0 Å². The SMILES string of the molecule is CCNC(=O)NC(=O)C(C#N)N(C)O. The van der Waals surface area contributed by atoms with Gasteiger partial charge in [0, 0.05) is 13.6 Å². The predicted molar refractivity (Wildman–Crippen MR) is 46.2 cm³/mol. The number of hydrogen-bond donors (Lipinski definition) is 3. The molecule has 0 heterocycles. The molecular weight excluding hydrogens is 188 g/mol. The summed E-state index contributed by atoms with van der Waals surface area (Å²) in [4.78, 5) is 21.9. The topological polar surface area (TPSA) is 105 Å². The summed E-state index contributed by atoms with van der Waals surface area (Å²) in [5, 5.41) is 21.9. The Labute approximate surface area is 81.3 Å². The highest BCUT2D eigenvalue weighted by Gasteiger charge is 2.23. The van der Waals surface area contributed by atoms with Gasteiger partial charge in [0.05, 0.1) is 6.07 Å². The van der Waals surface area contributed by atoms with Crippen LogP contribution in [0.5, 0.6) is 0 Å². The Morgan fingerprint density at radius 1 is 1.64 bits per heavy atom. The fraction of sp³-hybridized carbons (Fsp3) is 0.571. The summed E-state index contributed by atoms with van der Waals surface area (Å²) in [7, 11) is 1.14. The summed E-state index contributed by atoms with van der Waals surface area (Å²) in [6, 6.07) is -0.553. The van der Waals surface area contributed by atoms with Gasteiger partial charge in [0.2, 0.25) is 0 Å². The van der Waals surface area contributed by atoms with Crippen molar-refractivity contribution in [1.29, 1.82) is 5.26 Å². The molecule has 3 N–H and O–H groups in total. The maximum Gasteiger partial charge on any atom is 0.321 e. The van der Waals surface area contributed by atoms with Crippen LogP contribution in [-0.4, -0.2) is 41.8 Å². The number of carbonyl (C=O) groups is 2. The fourth-order valence-corrected chi connectivity index (χ4v) is 0.697. The van der Waals surface area contributed by atoms with E-state index in [0.29, 0.717) is 11.6 Å². The molecule has 0 spiro atoms. The van der Waals surface area contributed by atoms with Crippen molar-refractivity contribution in [2.45, 2.75) is 13.0 Å². The van der Waals surface area contributed by atoms with Gasteiger partial charge in [0.15, 0.2) is 6.04 Å². The molecule has 1 unspecified atom stereocenters. The molecule has 0 aliphatic rings. The van der Waals surface area contributed by atoms with Gasteiger partial charge in [-0.15, -0.1) is 0 Å². The van der Waals surface area contributed by atoms with E-state index in [-0.39, 0.29) is 0 Å². The third-order valence-electron chi connectivity index (χ3n) is 1.32. The fourth-order valence-electron chi connectivity index (χ4n) is 0.697. The second-order valence-electron chi connectivity index (χ2n) is 2.45. The molecule has 0 aliphatic carbocycles. The van der Waals surface area contributed by atoms with Crippen molar-refractivity contribution < 1.29 is 14.8 Å². The summed E-state index contributed by atoms with van der Waals surface area (Å²) in [5.41, 5.74) is 0. The van der Waals surface area contributed by atoms with Crippen molar-refractivity contribution >= 4 is 11.9 Å². The zero-order chi connectivity index (χ0) is 11.1. The van der Waals surface area contributed by atoms with Crippen LogP contribution >= 0.6 is 0 Å². The molecule has 0 radical (unpaired) electrons. The number of hydrogen-bond acceptors (Lipinski definition) is 5. The van der Waals surface area contributed by atoms with Crippen LogP contribution in [0.15, 0.2) is 0 Å². The van der Waals surface area contributed by atoms with E-state index in [2.05, 4.69) is 5.32 Å². The van der Waals surface area contributed by atoms with Gasteiger partial charge in [-0.3, -0.25) is 10.1 Å². The number of imide groups is 1. The molecule has 7 heteroatoms. The van der Waals surface area contributed by atoms with E-state index in [1.54, 1.807) is 6.92 Å². The van der Waals surface area contributed by atoms with Crippen molar-refractivity contribution in [3.8, 4) is 6.07 Å². The smallest absolute Gasteiger partial charge is 0.321 e. The molecule has 0 saturated carbocycles. The van der Waals surface area contributed by atoms with Crippen LogP contribution in [0.3, 0.4) is 0 Å². The summed E-state index contributed by atoms with van der Waals surface area (Å²) < 4.78 is 0. The number of nitriles is 1. The van der Waals surface area contributed by atoms with Crippen molar-refractivity contribution in [3.05, 3.63) is 0 Å². The van der Waals surface area contributed by atoms with Gasteiger partial charge in [-0.25, -0.2) is 4.79 Å². The molecule has 78 valence electrons. The zero-order valence-corrected chi connectivity index (χ0v) is 7.94. The number of likely N-dealkylation sites (N-methyl/N-ethyl adjacent to an activating group) is 1. The highest BCUT2D eigenvalue weighted by molar-refractivity contribution is 5.98. The lowest BCUT2D eigenvalue weighted by Crippen LogP contribution is -2.48. The highest BCUT2D eigenvalue weighted by Crippen LogP contribution is 1.90. The molecule has 7 nitrogen and oxygen atoms in total. The number of nitrogens with zero attached hydrogens (tertiary/aromatic N) is 2. The minimum atomic E-state index is -1.39. The second-order valence-corrected chi connectivity index (χ2v) is 2.45. The van der Waals surface area contributed by atoms with E-state index < -0.39 is 18.0 Å². The highest BCUT2D eigenvalue weighted by atomic mass is 16.5. The summed E-state index contributed by atoms with van der Waals surface area (Å²) in [5.74, 6) is -0.872. The molecule has 0 rings (SSSR count). The average Bonchev–Trinajstić information content (AvgIpc) is 2.04. The minimum absolute atomic E-state index is 0.366. The Morgan fingerprint density at radius 3 is 2.57 bits per heavy atom. The van der Waals surface area contributed by atoms with E-state index in [0.717, 1.165) is 7.05 Å². The van der Waals surface area contributed by atoms with Crippen LogP contribution in [0.4, 0.5) is 4.79 Å². The minimum Gasteiger partial charge on any atom is -0.338 e. The lowest BCUT2D eigenvalue weighted by Gasteiger charge is -2.14. The number of amides is 3. The van der Waals surface area contributed by atoms with Gasteiger partial charge in [0.25, 0.3) is 5.91 Å². The molecule has 0 aromatic carbocycles. The number of carbonyl (C=O) groups excluding carboxylic acids is 2. The molecule has 1 atom stereocenters. The van der Waals surface area contributed by atoms with Crippen molar-refractivity contribution in [3.63, 3.8) is 0 Å². The van der Waals surface area contributed by atoms with Crippen LogP contribution in [0.1, 0.15) is 6.92 Å². The molecule has 0 aromatic heterocycles. The molecular formula is C7H12N4O3. The molecule has 3 amide bonds. The normalized spacial score (nSPS) is 11.6. The number of rotatable bonds is 3. The van der Waals surface area contributed by atoms with Crippen LogP contribution in [0, 0.1) is 11.3 Å². The summed E-state index contributed by atoms with van der Waals surface area (Å²) >= 11 is 0. The van der Waals surface area contributed by atoms with Crippen LogP contribution < -0.4 is 10.6 Å². The van der Waals surface area contributed by atoms with Crippen molar-refractivity contribution in [2.75, 3.05) is 13.6 Å². The summed E-state index contributed by atoms with van der Waals surface area (Å²) in [6.45, 7) is 2.05. The standard InChI is InChI=1S/C7H12N4O3/c1-3-9-7(13)10-6(12)5(4-8)11(2)14/h5,14H,3H2,1-2H3,(H2,9,10,12,13). The van der Waals surface area contributed by atoms with Gasteiger partial charge in [-0.05, 0) is 6.92 Å². The predicted octanol–water partition coefficient (Wildman–Crippen LogP) is -0.955. The monoisotopic (exact) mass is 200 g/mol. The first-order valence-electron chi connectivity index (χ1n) is 3.93. The van der Waals surface area contributed by atoms with E-state index in [4.69, 9.17) is 10.5 Å². The van der Waals surface area contributed by atoms with Crippen molar-refractivity contribution in [2.24, 2.45) is 0 Å². The Kier molecular flexibility index (Phi) is 5.21. The average molecular weight is 200 g/mol. The third kappa shape index (κ3) is 3.84. The Balaban J connectivity index is 4.20. The van der Waals surface area contributed by atoms with Crippen molar-refractivity contribution in [1.82, 2.24) is 15.7 Å². The number of hydroxylamine groups is 2. The third-order valence-corrected chi connectivity index (χ3v) is 1.32. The molecule has 0 aliphatic heterocycles. The Hall–Kier alpha value is -1.65. The van der Waals surface area contributed by atoms with Gasteiger partial charge in [0.1, 0.15) is 0 Å². The van der Waals surface area contributed by atoms with E-state index in [9.17, 15) is 9.59 Å². The molecule has 0 fully saturated rings. The summed E-state index contributed by atoms with van der Waals surface area (Å²) in [6.07, 6.45) is 0. The molecule has 14 heavy (non-hydrogen) atoms. The number of urea groups is 1. The molecule has 0 bridgehead atoms. The lowest BCUT2D eigenvalue weighted by atomic mass is 10.3. The van der Waals surface area contributed by atoms with Crippen LogP contribution in [-0.2, 0) is 4.79 Å². The first-order valence-corrected chi connectivity index (χ1v) is 3.93. The van der Waals surface area contributed by atoms with Gasteiger partial charge >= 0.3 is 6.03 Å². The lowest BCUT2D eigenvalue weighted by molar-refractivity contribution is -0.139. The Bertz CT molecular complexity index is 258. The van der Waals surface area contributed by atoms with Gasteiger partial charge < -0.3 is 10.5 Å².